The molecule has 4 heterocycles. The number of aliphatic imine (C=N–C) groups is 1. The third-order valence-corrected chi connectivity index (χ3v) is 7.90. The molecule has 2 aromatic carbocycles. The van der Waals surface area contributed by atoms with E-state index in [0.717, 1.165) is 72.2 Å². The Balaban J connectivity index is 1.26. The first-order chi connectivity index (χ1) is 17.6. The van der Waals surface area contributed by atoms with Gasteiger partial charge in [0, 0.05) is 55.9 Å². The van der Waals surface area contributed by atoms with Crippen LogP contribution in [0.25, 0.3) is 28.2 Å². The van der Waals surface area contributed by atoms with E-state index in [4.69, 9.17) is 4.74 Å². The number of hydrogen-bond donors (Lipinski definition) is 0. The van der Waals surface area contributed by atoms with Crippen molar-refractivity contribution < 1.29 is 9.53 Å². The summed E-state index contributed by atoms with van der Waals surface area (Å²) in [5.74, 6) is -0.189. The third kappa shape index (κ3) is 4.74. The van der Waals surface area contributed by atoms with Crippen LogP contribution in [0.4, 0.5) is 5.69 Å². The maximum atomic E-state index is 12.6. The van der Waals surface area contributed by atoms with E-state index in [1.165, 1.54) is 17.4 Å². The van der Waals surface area contributed by atoms with Crippen molar-refractivity contribution in [3.63, 3.8) is 0 Å². The minimum absolute atomic E-state index is 0.189. The summed E-state index contributed by atoms with van der Waals surface area (Å²) in [6.07, 6.45) is 3.53. The Bertz CT molecular complexity index is 1340. The summed E-state index contributed by atoms with van der Waals surface area (Å²) < 4.78 is 5.42. The predicted octanol–water partition coefficient (Wildman–Crippen LogP) is 3.35. The van der Waals surface area contributed by atoms with Crippen LogP contribution < -0.4 is 4.90 Å². The first-order valence-corrected chi connectivity index (χ1v) is 13.1. The second-order valence-electron chi connectivity index (χ2n) is 9.25. The summed E-state index contributed by atoms with van der Waals surface area (Å²) >= 11 is 1.43. The Morgan fingerprint density at radius 1 is 0.917 bits per heavy atom. The van der Waals surface area contributed by atoms with Gasteiger partial charge in [-0.1, -0.05) is 18.2 Å². The van der Waals surface area contributed by atoms with Crippen molar-refractivity contribution >= 4 is 45.5 Å². The number of carbonyl (C=O) groups excluding carboxylic acids is 1. The number of morpholine rings is 1. The van der Waals surface area contributed by atoms with Crippen LogP contribution >= 0.6 is 11.8 Å². The topological polar surface area (TPSA) is 74.2 Å². The number of amidine groups is 1. The first-order valence-electron chi connectivity index (χ1n) is 12.3. The van der Waals surface area contributed by atoms with Crippen molar-refractivity contribution in [2.75, 3.05) is 64.4 Å². The van der Waals surface area contributed by atoms with Gasteiger partial charge in [-0.3, -0.25) is 4.79 Å². The zero-order valence-corrected chi connectivity index (χ0v) is 21.1. The summed E-state index contributed by atoms with van der Waals surface area (Å²) in [6.45, 7) is 7.09. The lowest BCUT2D eigenvalue weighted by atomic mass is 10.0. The zero-order valence-electron chi connectivity index (χ0n) is 20.3. The lowest BCUT2D eigenvalue weighted by Gasteiger charge is -2.34. The normalized spacial score (nSPS) is 20.4. The highest BCUT2D eigenvalue weighted by atomic mass is 32.2. The molecule has 1 aromatic heterocycles. The fraction of sp³-hybridized carbons (Fsp3) is 0.333. The van der Waals surface area contributed by atoms with E-state index in [1.54, 1.807) is 6.33 Å². The first kappa shape index (κ1) is 23.1. The van der Waals surface area contributed by atoms with Crippen molar-refractivity contribution in [3.05, 3.63) is 59.3 Å². The monoisotopic (exact) mass is 500 g/mol. The average Bonchev–Trinajstić information content (AvgIpc) is 3.29. The van der Waals surface area contributed by atoms with Crippen LogP contribution in [0.15, 0.2) is 58.7 Å². The molecule has 0 bridgehead atoms. The zero-order chi connectivity index (χ0) is 24.5. The van der Waals surface area contributed by atoms with Crippen LogP contribution in [0.5, 0.6) is 0 Å². The number of hydrogen-bond acceptors (Lipinski definition) is 8. The molecule has 0 radical (unpaired) electrons. The molecule has 9 heteroatoms. The molecule has 0 saturated carbocycles. The molecule has 184 valence electrons. The van der Waals surface area contributed by atoms with Gasteiger partial charge in [-0.25, -0.2) is 9.97 Å². The van der Waals surface area contributed by atoms with Crippen LogP contribution in [0.3, 0.4) is 0 Å². The van der Waals surface area contributed by atoms with Crippen molar-refractivity contribution in [1.82, 2.24) is 19.8 Å². The van der Waals surface area contributed by atoms with Crippen LogP contribution in [0, 0.1) is 0 Å². The number of benzene rings is 2. The standard InChI is InChI=1S/C27H28N6O2S/c1-31-8-10-32(11-9-31)21-5-3-20(4-6-21)25-22-16-19(2-7-23(22)28-18-29-25)17-24-26(34)30-27(36-24)33-12-14-35-15-13-33/h2-7,16-18H,8-15H2,1H3/b24-17-. The molecule has 2 saturated heterocycles. The summed E-state index contributed by atoms with van der Waals surface area (Å²) in [6, 6.07) is 14.7. The van der Waals surface area contributed by atoms with E-state index in [-0.39, 0.29) is 5.91 Å². The second kappa shape index (κ2) is 10.0. The van der Waals surface area contributed by atoms with E-state index in [2.05, 4.69) is 67.0 Å². The lowest BCUT2D eigenvalue weighted by Crippen LogP contribution is -2.44. The fourth-order valence-corrected chi connectivity index (χ4v) is 5.69. The van der Waals surface area contributed by atoms with Crippen molar-refractivity contribution in [2.45, 2.75) is 0 Å². The highest BCUT2D eigenvalue weighted by Crippen LogP contribution is 2.33. The van der Waals surface area contributed by atoms with E-state index >= 15 is 0 Å². The predicted molar refractivity (Wildman–Crippen MR) is 145 cm³/mol. The molecule has 3 aliphatic heterocycles. The molecule has 8 nitrogen and oxygen atoms in total. The van der Waals surface area contributed by atoms with Gasteiger partial charge < -0.3 is 19.4 Å². The molecular formula is C27H28N6O2S. The lowest BCUT2D eigenvalue weighted by molar-refractivity contribution is -0.113. The number of piperazine rings is 1. The summed E-state index contributed by atoms with van der Waals surface area (Å²) in [4.78, 5) is 33.5. The van der Waals surface area contributed by atoms with Gasteiger partial charge in [0.15, 0.2) is 5.17 Å². The number of likely N-dealkylation sites (N-methyl/N-ethyl adjacent to an activating group) is 1. The molecule has 1 amide bonds. The summed E-state index contributed by atoms with van der Waals surface area (Å²) in [5.41, 5.74) is 4.99. The third-order valence-electron chi connectivity index (χ3n) is 6.86. The molecule has 3 aromatic rings. The van der Waals surface area contributed by atoms with Crippen LogP contribution in [0.2, 0.25) is 0 Å². The van der Waals surface area contributed by atoms with Gasteiger partial charge in [0.05, 0.1) is 29.3 Å². The van der Waals surface area contributed by atoms with Gasteiger partial charge in [0.1, 0.15) is 6.33 Å². The number of rotatable bonds is 3. The molecule has 6 rings (SSSR count). The van der Waals surface area contributed by atoms with E-state index in [0.29, 0.717) is 18.1 Å². The second-order valence-corrected chi connectivity index (χ2v) is 10.3. The highest BCUT2D eigenvalue weighted by molar-refractivity contribution is 8.18. The SMILES string of the molecule is CN1CCN(c2ccc(-c3ncnc4ccc(/C=C5\SC(N6CCOCC6)=NC5=O)cc34)cc2)CC1. The van der Waals surface area contributed by atoms with E-state index < -0.39 is 0 Å². The van der Waals surface area contributed by atoms with Gasteiger partial charge in [-0.15, -0.1) is 0 Å². The Labute approximate surface area is 214 Å². The minimum atomic E-state index is -0.189. The fourth-order valence-electron chi connectivity index (χ4n) is 4.73. The van der Waals surface area contributed by atoms with Crippen LogP contribution in [0.1, 0.15) is 5.56 Å². The molecule has 2 fully saturated rings. The minimum Gasteiger partial charge on any atom is -0.378 e. The molecular weight excluding hydrogens is 472 g/mol. The Morgan fingerprint density at radius 3 is 2.47 bits per heavy atom. The Morgan fingerprint density at radius 2 is 1.69 bits per heavy atom. The van der Waals surface area contributed by atoms with Crippen molar-refractivity contribution in [1.29, 1.82) is 0 Å². The van der Waals surface area contributed by atoms with E-state index in [1.807, 2.05) is 18.2 Å². The largest absolute Gasteiger partial charge is 0.378 e. The number of ether oxygens (including phenoxy) is 1. The highest BCUT2D eigenvalue weighted by Gasteiger charge is 2.27. The molecule has 3 aliphatic rings. The Hall–Kier alpha value is -3.27. The maximum absolute atomic E-state index is 12.6. The molecule has 0 unspecified atom stereocenters. The average molecular weight is 501 g/mol. The molecule has 0 aliphatic carbocycles. The Kier molecular flexibility index (Phi) is 6.43. The van der Waals surface area contributed by atoms with E-state index in [9.17, 15) is 4.79 Å². The van der Waals surface area contributed by atoms with Gasteiger partial charge >= 0.3 is 0 Å². The number of amides is 1. The van der Waals surface area contributed by atoms with Crippen molar-refractivity contribution in [3.8, 4) is 11.3 Å². The van der Waals surface area contributed by atoms with Crippen LogP contribution in [-0.2, 0) is 9.53 Å². The van der Waals surface area contributed by atoms with Gasteiger partial charge in [0.25, 0.3) is 5.91 Å². The number of aromatic nitrogens is 2. The number of fused-ring (bicyclic) bond motifs is 1. The smallest absolute Gasteiger partial charge is 0.286 e. The molecule has 0 atom stereocenters. The molecule has 36 heavy (non-hydrogen) atoms. The number of thioether (sulfide) groups is 1. The number of carbonyl (C=O) groups is 1. The van der Waals surface area contributed by atoms with Gasteiger partial charge in [0.2, 0.25) is 0 Å². The summed E-state index contributed by atoms with van der Waals surface area (Å²) in [5, 5.41) is 1.73. The maximum Gasteiger partial charge on any atom is 0.286 e. The molecule has 0 spiro atoms. The van der Waals surface area contributed by atoms with Crippen molar-refractivity contribution in [2.24, 2.45) is 4.99 Å². The van der Waals surface area contributed by atoms with Crippen LogP contribution in [-0.4, -0.2) is 90.4 Å². The quantitative estimate of drug-likeness (QED) is 0.507. The molecule has 0 N–H and O–H groups in total. The number of anilines is 1. The van der Waals surface area contributed by atoms with Gasteiger partial charge in [-0.2, -0.15) is 4.99 Å². The number of nitrogens with zero attached hydrogens (tertiary/aromatic N) is 6. The summed E-state index contributed by atoms with van der Waals surface area (Å²) in [7, 11) is 2.17. The van der Waals surface area contributed by atoms with Gasteiger partial charge in [-0.05, 0) is 54.7 Å².